The Bertz CT molecular complexity index is 246. The summed E-state index contributed by atoms with van der Waals surface area (Å²) in [6, 6.07) is -0.244. The summed E-state index contributed by atoms with van der Waals surface area (Å²) in [6.45, 7) is 3.74. The van der Waals surface area contributed by atoms with E-state index in [0.717, 1.165) is 17.5 Å². The summed E-state index contributed by atoms with van der Waals surface area (Å²) >= 11 is 1.65. The molecule has 1 atom stereocenters. The van der Waals surface area contributed by atoms with Crippen molar-refractivity contribution < 1.29 is 9.53 Å². The van der Waals surface area contributed by atoms with Crippen molar-refractivity contribution in [1.29, 1.82) is 0 Å². The summed E-state index contributed by atoms with van der Waals surface area (Å²) in [7, 11) is 1.61. The molecule has 0 saturated heterocycles. The second-order valence-corrected chi connectivity index (χ2v) is 4.27. The van der Waals surface area contributed by atoms with E-state index in [0.29, 0.717) is 13.2 Å². The predicted octanol–water partition coefficient (Wildman–Crippen LogP) is -0.170. The summed E-state index contributed by atoms with van der Waals surface area (Å²) in [6.07, 6.45) is 0. The normalized spacial score (nSPS) is 17.1. The highest BCUT2D eigenvalue weighted by molar-refractivity contribution is 8.14. The third-order valence-electron chi connectivity index (χ3n) is 1.92. The van der Waals surface area contributed by atoms with E-state index in [1.54, 1.807) is 18.9 Å². The Balaban J connectivity index is 2.20. The SMILES string of the molecule is COCCNC(=O)C(C)NC1=NCCS1. The molecule has 0 radical (unpaired) electrons. The molecular weight excluding hydrogens is 214 g/mol. The third kappa shape index (κ3) is 4.53. The van der Waals surface area contributed by atoms with Crippen molar-refractivity contribution in [3.05, 3.63) is 0 Å². The van der Waals surface area contributed by atoms with E-state index in [1.165, 1.54) is 0 Å². The van der Waals surface area contributed by atoms with E-state index in [9.17, 15) is 4.79 Å². The quantitative estimate of drug-likeness (QED) is 0.645. The number of ether oxygens (including phenoxy) is 1. The van der Waals surface area contributed by atoms with Crippen LogP contribution >= 0.6 is 11.8 Å². The summed E-state index contributed by atoms with van der Waals surface area (Å²) < 4.78 is 4.84. The van der Waals surface area contributed by atoms with Crippen LogP contribution in [0.1, 0.15) is 6.92 Å². The summed E-state index contributed by atoms with van der Waals surface area (Å²) in [4.78, 5) is 15.7. The van der Waals surface area contributed by atoms with E-state index >= 15 is 0 Å². The summed E-state index contributed by atoms with van der Waals surface area (Å²) in [5.74, 6) is 0.975. The molecule has 5 nitrogen and oxygen atoms in total. The Morgan fingerprint density at radius 2 is 2.53 bits per heavy atom. The molecule has 1 unspecified atom stereocenters. The monoisotopic (exact) mass is 231 g/mol. The summed E-state index contributed by atoms with van der Waals surface area (Å²) in [5, 5.41) is 6.70. The van der Waals surface area contributed by atoms with Gasteiger partial charge >= 0.3 is 0 Å². The van der Waals surface area contributed by atoms with Crippen molar-refractivity contribution in [3.8, 4) is 0 Å². The zero-order valence-corrected chi connectivity index (χ0v) is 9.89. The predicted molar refractivity (Wildman–Crippen MR) is 62.2 cm³/mol. The lowest BCUT2D eigenvalue weighted by Gasteiger charge is -2.14. The largest absolute Gasteiger partial charge is 0.383 e. The van der Waals surface area contributed by atoms with E-state index < -0.39 is 0 Å². The van der Waals surface area contributed by atoms with Crippen molar-refractivity contribution in [2.24, 2.45) is 4.99 Å². The highest BCUT2D eigenvalue weighted by Gasteiger charge is 2.15. The highest BCUT2D eigenvalue weighted by atomic mass is 32.2. The van der Waals surface area contributed by atoms with E-state index in [2.05, 4.69) is 15.6 Å². The molecule has 1 aliphatic rings. The Hall–Kier alpha value is -0.750. The first-order valence-electron chi connectivity index (χ1n) is 4.94. The number of methoxy groups -OCH3 is 1. The van der Waals surface area contributed by atoms with Gasteiger partial charge in [0.1, 0.15) is 6.04 Å². The number of hydrogen-bond acceptors (Lipinski definition) is 5. The highest BCUT2D eigenvalue weighted by Crippen LogP contribution is 2.09. The summed E-state index contributed by atoms with van der Waals surface area (Å²) in [5.41, 5.74) is 0. The topological polar surface area (TPSA) is 62.7 Å². The van der Waals surface area contributed by atoms with Gasteiger partial charge < -0.3 is 15.4 Å². The number of hydrogen-bond donors (Lipinski definition) is 2. The zero-order valence-electron chi connectivity index (χ0n) is 9.08. The Morgan fingerprint density at radius 1 is 1.73 bits per heavy atom. The number of nitrogens with zero attached hydrogens (tertiary/aromatic N) is 1. The van der Waals surface area contributed by atoms with Crippen molar-refractivity contribution in [2.45, 2.75) is 13.0 Å². The first-order chi connectivity index (χ1) is 7.24. The molecule has 15 heavy (non-hydrogen) atoms. The molecule has 0 bridgehead atoms. The van der Waals surface area contributed by atoms with Crippen molar-refractivity contribution in [1.82, 2.24) is 10.6 Å². The van der Waals surface area contributed by atoms with Crippen LogP contribution in [0, 0.1) is 0 Å². The average Bonchev–Trinajstić information content (AvgIpc) is 2.70. The van der Waals surface area contributed by atoms with Crippen LogP contribution in [0.2, 0.25) is 0 Å². The smallest absolute Gasteiger partial charge is 0.242 e. The molecule has 1 rings (SSSR count). The number of aliphatic imine (C=N–C) groups is 1. The van der Waals surface area contributed by atoms with Crippen molar-refractivity contribution in [2.75, 3.05) is 32.6 Å². The lowest BCUT2D eigenvalue weighted by Crippen LogP contribution is -2.44. The number of carbonyl (C=O) groups excluding carboxylic acids is 1. The Labute approximate surface area is 94.0 Å². The number of rotatable bonds is 5. The fraction of sp³-hybridized carbons (Fsp3) is 0.778. The van der Waals surface area contributed by atoms with Crippen LogP contribution in [-0.2, 0) is 9.53 Å². The minimum atomic E-state index is -0.244. The van der Waals surface area contributed by atoms with Crippen LogP contribution in [0.3, 0.4) is 0 Å². The molecule has 6 heteroatoms. The molecular formula is C9H17N3O2S. The lowest BCUT2D eigenvalue weighted by atomic mass is 10.3. The Morgan fingerprint density at radius 3 is 3.13 bits per heavy atom. The van der Waals surface area contributed by atoms with E-state index in [-0.39, 0.29) is 11.9 Å². The molecule has 1 amide bonds. The maximum Gasteiger partial charge on any atom is 0.242 e. The van der Waals surface area contributed by atoms with Crippen molar-refractivity contribution >= 4 is 22.8 Å². The molecule has 0 aromatic heterocycles. The first-order valence-corrected chi connectivity index (χ1v) is 5.93. The van der Waals surface area contributed by atoms with Crippen LogP contribution in [0.4, 0.5) is 0 Å². The van der Waals surface area contributed by atoms with Gasteiger partial charge in [-0.3, -0.25) is 9.79 Å². The maximum absolute atomic E-state index is 11.5. The second kappa shape index (κ2) is 6.68. The Kier molecular flexibility index (Phi) is 5.49. The minimum absolute atomic E-state index is 0.0257. The van der Waals surface area contributed by atoms with Gasteiger partial charge in [-0.15, -0.1) is 0 Å². The average molecular weight is 231 g/mol. The van der Waals surface area contributed by atoms with E-state index in [4.69, 9.17) is 4.74 Å². The molecule has 2 N–H and O–H groups in total. The molecule has 1 heterocycles. The number of carbonyl (C=O) groups is 1. The van der Waals surface area contributed by atoms with Gasteiger partial charge in [-0.1, -0.05) is 11.8 Å². The third-order valence-corrected chi connectivity index (χ3v) is 2.83. The van der Waals surface area contributed by atoms with Gasteiger partial charge in [0.2, 0.25) is 5.91 Å². The van der Waals surface area contributed by atoms with Crippen LogP contribution in [0.5, 0.6) is 0 Å². The molecule has 0 fully saturated rings. The standard InChI is InChI=1S/C9H17N3O2S/c1-7(8(13)10-3-5-14-2)12-9-11-4-6-15-9/h7H,3-6H2,1-2H3,(H,10,13)(H,11,12). The molecule has 0 aromatic rings. The van der Waals surface area contributed by atoms with Gasteiger partial charge in [0.15, 0.2) is 5.17 Å². The van der Waals surface area contributed by atoms with Gasteiger partial charge in [-0.05, 0) is 6.92 Å². The van der Waals surface area contributed by atoms with Crippen LogP contribution < -0.4 is 10.6 Å². The van der Waals surface area contributed by atoms with Gasteiger partial charge in [-0.25, -0.2) is 0 Å². The fourth-order valence-electron chi connectivity index (χ4n) is 1.10. The number of nitrogens with one attached hydrogen (secondary N) is 2. The van der Waals surface area contributed by atoms with Crippen molar-refractivity contribution in [3.63, 3.8) is 0 Å². The fourth-order valence-corrected chi connectivity index (χ4v) is 1.92. The second-order valence-electron chi connectivity index (χ2n) is 3.19. The van der Waals surface area contributed by atoms with Crippen LogP contribution in [0.25, 0.3) is 0 Å². The van der Waals surface area contributed by atoms with Crippen LogP contribution in [-0.4, -0.2) is 49.7 Å². The van der Waals surface area contributed by atoms with Gasteiger partial charge in [0, 0.05) is 19.4 Å². The molecule has 1 aliphatic heterocycles. The van der Waals surface area contributed by atoms with Gasteiger partial charge in [-0.2, -0.15) is 0 Å². The zero-order chi connectivity index (χ0) is 11.1. The molecule has 0 spiro atoms. The molecule has 0 aromatic carbocycles. The minimum Gasteiger partial charge on any atom is -0.383 e. The van der Waals surface area contributed by atoms with E-state index in [1.807, 2.05) is 6.92 Å². The number of thioether (sulfide) groups is 1. The van der Waals surface area contributed by atoms with Gasteiger partial charge in [0.25, 0.3) is 0 Å². The molecule has 0 aliphatic carbocycles. The lowest BCUT2D eigenvalue weighted by molar-refractivity contribution is -0.122. The number of amides is 1. The molecule has 0 saturated carbocycles. The first kappa shape index (κ1) is 12.3. The number of amidine groups is 1. The van der Waals surface area contributed by atoms with Crippen LogP contribution in [0.15, 0.2) is 4.99 Å². The molecule has 86 valence electrons. The van der Waals surface area contributed by atoms with Gasteiger partial charge in [0.05, 0.1) is 13.2 Å². The maximum atomic E-state index is 11.5.